The molecule has 0 aromatic heterocycles. The Kier molecular flexibility index (Phi) is 11.1. The smallest absolute Gasteiger partial charge is 0.388 e. The Labute approximate surface area is 277 Å². The van der Waals surface area contributed by atoms with E-state index in [9.17, 15) is 0 Å². The number of benzene rings is 4. The molecule has 0 fully saturated rings. The Balaban J connectivity index is 1.80. The van der Waals surface area contributed by atoms with E-state index in [1.807, 2.05) is 24.3 Å². The number of hydrogen-bond donors (Lipinski definition) is 0. The molecule has 0 radical (unpaired) electrons. The molecule has 0 aliphatic rings. The van der Waals surface area contributed by atoms with E-state index in [0.29, 0.717) is 0 Å². The van der Waals surface area contributed by atoms with Crippen molar-refractivity contribution in [3.8, 4) is 0 Å². The minimum atomic E-state index is -3.19. The van der Waals surface area contributed by atoms with Crippen molar-refractivity contribution in [1.29, 1.82) is 0 Å². The van der Waals surface area contributed by atoms with Crippen molar-refractivity contribution in [1.82, 2.24) is 0 Å². The SMILES string of the molecule is C[Si](C)(C)O[Si](O[Si](C)(C)O[Si](C)(C)O[Si](O[Si](C)(C)C)(c1ccccc1)c1ccccc1)(c1ccccc1)c1ccccc1. The third kappa shape index (κ3) is 9.51. The maximum absolute atomic E-state index is 7.44. The van der Waals surface area contributed by atoms with Gasteiger partial charge < -0.3 is 20.6 Å². The van der Waals surface area contributed by atoms with Crippen LogP contribution in [0.4, 0.5) is 0 Å². The summed E-state index contributed by atoms with van der Waals surface area (Å²) < 4.78 is 36.6. The van der Waals surface area contributed by atoms with Gasteiger partial charge in [-0.2, -0.15) is 0 Å². The van der Waals surface area contributed by atoms with Gasteiger partial charge in [-0.15, -0.1) is 0 Å². The van der Waals surface area contributed by atoms with E-state index < -0.39 is 50.9 Å². The van der Waals surface area contributed by atoms with E-state index in [0.717, 1.165) is 20.7 Å². The van der Waals surface area contributed by atoms with E-state index in [4.69, 9.17) is 20.6 Å². The lowest BCUT2D eigenvalue weighted by Gasteiger charge is -2.46. The van der Waals surface area contributed by atoms with Crippen LogP contribution in [0.2, 0.25) is 65.5 Å². The van der Waals surface area contributed by atoms with Crippen LogP contribution < -0.4 is 20.7 Å². The minimum Gasteiger partial charge on any atom is -0.430 e. The molecule has 4 aromatic rings. The summed E-state index contributed by atoms with van der Waals surface area (Å²) in [5.41, 5.74) is 0. The van der Waals surface area contributed by atoms with Crippen molar-refractivity contribution in [3.05, 3.63) is 121 Å². The first-order valence-electron chi connectivity index (χ1n) is 15.7. The molecule has 0 atom stereocenters. The molecular weight excluding hydrogens is 657 g/mol. The monoisotopic (exact) mass is 706 g/mol. The highest BCUT2D eigenvalue weighted by Gasteiger charge is 2.55. The average Bonchev–Trinajstić information content (AvgIpc) is 2.96. The molecule has 0 aliphatic heterocycles. The van der Waals surface area contributed by atoms with Crippen molar-refractivity contribution >= 4 is 71.6 Å². The van der Waals surface area contributed by atoms with Gasteiger partial charge in [-0.25, -0.2) is 0 Å². The van der Waals surface area contributed by atoms with Gasteiger partial charge in [-0.1, -0.05) is 121 Å². The van der Waals surface area contributed by atoms with Gasteiger partial charge in [0.05, 0.1) is 0 Å². The number of hydrogen-bond acceptors (Lipinski definition) is 5. The van der Waals surface area contributed by atoms with E-state index in [-0.39, 0.29) is 0 Å². The van der Waals surface area contributed by atoms with Gasteiger partial charge in [0, 0.05) is 0 Å². The highest BCUT2D eigenvalue weighted by Crippen LogP contribution is 2.28. The second-order valence-corrected chi connectivity index (χ2v) is 37.1. The number of rotatable bonds is 14. The predicted molar refractivity (Wildman–Crippen MR) is 203 cm³/mol. The maximum atomic E-state index is 7.44. The first kappa shape index (κ1) is 35.8. The summed E-state index contributed by atoms with van der Waals surface area (Å²) in [5, 5.41) is 4.34. The van der Waals surface area contributed by atoms with Crippen molar-refractivity contribution < 1.29 is 20.6 Å². The van der Waals surface area contributed by atoms with E-state index >= 15 is 0 Å². The average molecular weight is 707 g/mol. The van der Waals surface area contributed by atoms with Crippen LogP contribution in [0.5, 0.6) is 0 Å². The zero-order valence-electron chi connectivity index (χ0n) is 28.6. The second kappa shape index (κ2) is 14.0. The fourth-order valence-electron chi connectivity index (χ4n) is 5.66. The molecule has 0 saturated carbocycles. The third-order valence-electron chi connectivity index (χ3n) is 6.79. The Morgan fingerprint density at radius 2 is 0.511 bits per heavy atom. The first-order chi connectivity index (χ1) is 21.0. The molecule has 5 nitrogen and oxygen atoms in total. The van der Waals surface area contributed by atoms with Crippen molar-refractivity contribution in [2.45, 2.75) is 65.5 Å². The Morgan fingerprint density at radius 1 is 0.289 bits per heavy atom. The summed E-state index contributed by atoms with van der Waals surface area (Å²) in [6.45, 7) is 21.9. The minimum absolute atomic E-state index is 1.09. The molecule has 45 heavy (non-hydrogen) atoms. The van der Waals surface area contributed by atoms with Crippen LogP contribution in [0.1, 0.15) is 0 Å². The molecule has 0 bridgehead atoms. The van der Waals surface area contributed by atoms with Gasteiger partial charge in [-0.3, -0.25) is 0 Å². The molecule has 0 spiro atoms. The highest BCUT2D eigenvalue weighted by atomic mass is 28.5. The fraction of sp³-hybridized carbons (Fsp3) is 0.294. The molecule has 11 heteroatoms. The predicted octanol–water partition coefficient (Wildman–Crippen LogP) is 6.66. The zero-order chi connectivity index (χ0) is 33.0. The Morgan fingerprint density at radius 3 is 0.711 bits per heavy atom. The lowest BCUT2D eigenvalue weighted by molar-refractivity contribution is 0.292. The molecule has 0 heterocycles. The van der Waals surface area contributed by atoms with Crippen molar-refractivity contribution in [2.24, 2.45) is 0 Å². The van der Waals surface area contributed by atoms with Crippen LogP contribution in [-0.4, -0.2) is 50.9 Å². The Bertz CT molecular complexity index is 1300. The van der Waals surface area contributed by atoms with Crippen LogP contribution in [0.3, 0.4) is 0 Å². The van der Waals surface area contributed by atoms with Gasteiger partial charge in [0.15, 0.2) is 16.6 Å². The molecule has 0 unspecified atom stereocenters. The standard InChI is InChI=1S/C34H50O5Si6/c1-40(2,3)35-44(31-23-15-11-16-24-31,32-25-17-12-18-26-32)38-42(7,8)37-43(9,10)39-45(36-41(4,5)6,33-27-19-13-20-28-33)34-29-21-14-22-30-34/h11-30H,1-10H3. The zero-order valence-corrected chi connectivity index (χ0v) is 34.6. The van der Waals surface area contributed by atoms with Crippen molar-refractivity contribution in [2.75, 3.05) is 0 Å². The maximum Gasteiger partial charge on any atom is 0.388 e. The third-order valence-corrected chi connectivity index (χ3v) is 28.5. The summed E-state index contributed by atoms with van der Waals surface area (Å²) in [4.78, 5) is 0. The van der Waals surface area contributed by atoms with E-state index in [2.05, 4.69) is 163 Å². The Hall–Kier alpha value is -2.02. The van der Waals surface area contributed by atoms with Gasteiger partial charge in [0.1, 0.15) is 0 Å². The molecule has 4 aromatic carbocycles. The highest BCUT2D eigenvalue weighted by molar-refractivity contribution is 7.04. The quantitative estimate of drug-likeness (QED) is 0.137. The molecule has 0 aliphatic carbocycles. The summed E-state index contributed by atoms with van der Waals surface area (Å²) >= 11 is 0. The van der Waals surface area contributed by atoms with Gasteiger partial charge in [0.25, 0.3) is 0 Å². The second-order valence-electron chi connectivity index (χ2n) is 14.2. The first-order valence-corrected chi connectivity index (χ1v) is 31.8. The van der Waals surface area contributed by atoms with Crippen LogP contribution in [0, 0.1) is 0 Å². The molecular formula is C34H50O5Si6. The summed E-state index contributed by atoms with van der Waals surface area (Å²) in [5.74, 6) is 0. The summed E-state index contributed by atoms with van der Waals surface area (Å²) in [7, 11) is -16.4. The van der Waals surface area contributed by atoms with E-state index in [1.54, 1.807) is 0 Å². The van der Waals surface area contributed by atoms with Gasteiger partial charge >= 0.3 is 34.2 Å². The molecule has 0 N–H and O–H groups in total. The molecule has 240 valence electrons. The van der Waals surface area contributed by atoms with Crippen LogP contribution in [-0.2, 0) is 20.6 Å². The summed E-state index contributed by atoms with van der Waals surface area (Å²) in [6, 6.07) is 41.9. The lowest BCUT2D eigenvalue weighted by atomic mass is 10.4. The normalized spacial score (nSPS) is 13.6. The molecule has 4 rings (SSSR count). The molecule has 0 saturated heterocycles. The van der Waals surface area contributed by atoms with Crippen LogP contribution in [0.25, 0.3) is 0 Å². The topological polar surface area (TPSA) is 46.2 Å². The van der Waals surface area contributed by atoms with E-state index in [1.165, 1.54) is 0 Å². The lowest BCUT2D eigenvalue weighted by Crippen LogP contribution is -2.73. The van der Waals surface area contributed by atoms with Gasteiger partial charge in [0.2, 0.25) is 0 Å². The van der Waals surface area contributed by atoms with Crippen LogP contribution in [0.15, 0.2) is 121 Å². The molecule has 0 amide bonds. The van der Waals surface area contributed by atoms with Crippen molar-refractivity contribution in [3.63, 3.8) is 0 Å². The largest absolute Gasteiger partial charge is 0.430 e. The van der Waals surface area contributed by atoms with Gasteiger partial charge in [-0.05, 0) is 86.2 Å². The summed E-state index contributed by atoms with van der Waals surface area (Å²) in [6.07, 6.45) is 0. The fourth-order valence-corrected chi connectivity index (χ4v) is 32.0. The van der Waals surface area contributed by atoms with Crippen LogP contribution >= 0.6 is 0 Å².